The number of aromatic hydroxyl groups is 1. The molecule has 2 aromatic carbocycles. The van der Waals surface area contributed by atoms with E-state index in [0.717, 1.165) is 11.3 Å². The van der Waals surface area contributed by atoms with Crippen LogP contribution in [-0.4, -0.2) is 16.0 Å². The molecule has 0 unspecified atom stereocenters. The summed E-state index contributed by atoms with van der Waals surface area (Å²) >= 11 is 0.926. The largest absolute Gasteiger partial charge is 0.508 e. The number of amides is 1. The molecule has 1 aromatic heterocycles. The van der Waals surface area contributed by atoms with Crippen LogP contribution in [0.5, 0.6) is 5.75 Å². The molecule has 3 aromatic rings. The van der Waals surface area contributed by atoms with Crippen LogP contribution in [-0.2, 0) is 18.9 Å². The van der Waals surface area contributed by atoms with E-state index in [1.807, 2.05) is 0 Å². The van der Waals surface area contributed by atoms with Crippen molar-refractivity contribution < 1.29 is 36.2 Å². The average molecular weight is 420 g/mol. The number of phenolic OH excluding ortho intramolecular Hbond substituents is 1. The number of benzene rings is 2. The lowest BCUT2D eigenvalue weighted by Gasteiger charge is -2.14. The highest BCUT2D eigenvalue weighted by Gasteiger charge is 2.36. The Bertz CT molecular complexity index is 1010. The van der Waals surface area contributed by atoms with E-state index in [1.54, 1.807) is 0 Å². The first kappa shape index (κ1) is 19.9. The maximum atomic E-state index is 12.9. The van der Waals surface area contributed by atoms with Gasteiger partial charge in [0.05, 0.1) is 21.3 Å². The number of thiazole rings is 1. The van der Waals surface area contributed by atoms with Gasteiger partial charge in [-0.05, 0) is 42.0 Å². The summed E-state index contributed by atoms with van der Waals surface area (Å²) in [6, 6.07) is 5.33. The third-order valence-corrected chi connectivity index (χ3v) is 4.68. The molecule has 1 amide bonds. The van der Waals surface area contributed by atoms with Gasteiger partial charge >= 0.3 is 12.4 Å². The van der Waals surface area contributed by atoms with Crippen molar-refractivity contribution in [3.63, 3.8) is 0 Å². The quantitative estimate of drug-likeness (QED) is 0.589. The van der Waals surface area contributed by atoms with Crippen LogP contribution in [0.1, 0.15) is 26.5 Å². The maximum Gasteiger partial charge on any atom is 0.416 e. The number of rotatable bonds is 3. The molecular formula is C17H10F6N2O2S. The highest BCUT2D eigenvalue weighted by atomic mass is 32.1. The predicted octanol–water partition coefficient (Wildman–Crippen LogP) is 4.97. The van der Waals surface area contributed by atoms with E-state index >= 15 is 0 Å². The summed E-state index contributed by atoms with van der Waals surface area (Å²) in [6.07, 6.45) is -9.93. The molecule has 0 aliphatic rings. The van der Waals surface area contributed by atoms with E-state index in [1.165, 1.54) is 18.2 Å². The van der Waals surface area contributed by atoms with E-state index in [9.17, 15) is 36.2 Å². The Morgan fingerprint density at radius 3 is 2.18 bits per heavy atom. The SMILES string of the molecule is O=C(NCc1cc(C(F)(F)F)cc(C(F)(F)F)c1)c1nc2ccc(O)cc2s1. The Kier molecular flexibility index (Phi) is 4.96. The van der Waals surface area contributed by atoms with Crippen LogP contribution < -0.4 is 5.32 Å². The number of nitrogens with zero attached hydrogens (tertiary/aromatic N) is 1. The molecule has 2 N–H and O–H groups in total. The molecule has 0 bridgehead atoms. The minimum Gasteiger partial charge on any atom is -0.508 e. The molecule has 11 heteroatoms. The number of aromatic nitrogens is 1. The van der Waals surface area contributed by atoms with Gasteiger partial charge in [0, 0.05) is 6.54 Å². The van der Waals surface area contributed by atoms with Gasteiger partial charge in [-0.15, -0.1) is 11.3 Å². The first-order valence-electron chi connectivity index (χ1n) is 7.59. The molecule has 0 atom stereocenters. The molecule has 148 valence electrons. The third kappa shape index (κ3) is 4.35. The van der Waals surface area contributed by atoms with Gasteiger partial charge in [0.25, 0.3) is 5.91 Å². The van der Waals surface area contributed by atoms with Crippen LogP contribution in [0.3, 0.4) is 0 Å². The Morgan fingerprint density at radius 1 is 1.00 bits per heavy atom. The van der Waals surface area contributed by atoms with Crippen LogP contribution >= 0.6 is 11.3 Å². The lowest BCUT2D eigenvalue weighted by Crippen LogP contribution is -2.23. The van der Waals surface area contributed by atoms with Gasteiger partial charge in [-0.3, -0.25) is 4.79 Å². The topological polar surface area (TPSA) is 62.2 Å². The lowest BCUT2D eigenvalue weighted by molar-refractivity contribution is -0.143. The molecule has 1 heterocycles. The molecule has 0 fully saturated rings. The van der Waals surface area contributed by atoms with Gasteiger partial charge < -0.3 is 10.4 Å². The maximum absolute atomic E-state index is 12.9. The second-order valence-electron chi connectivity index (χ2n) is 5.77. The molecule has 3 rings (SSSR count). The third-order valence-electron chi connectivity index (χ3n) is 3.67. The van der Waals surface area contributed by atoms with Crippen molar-refractivity contribution in [3.05, 3.63) is 58.1 Å². The Balaban J connectivity index is 1.83. The smallest absolute Gasteiger partial charge is 0.416 e. The zero-order valence-corrected chi connectivity index (χ0v) is 14.5. The van der Waals surface area contributed by atoms with Crippen molar-refractivity contribution >= 4 is 27.5 Å². The first-order chi connectivity index (χ1) is 12.9. The van der Waals surface area contributed by atoms with Crippen LogP contribution in [0.15, 0.2) is 36.4 Å². The van der Waals surface area contributed by atoms with Gasteiger partial charge in [-0.2, -0.15) is 26.3 Å². The highest BCUT2D eigenvalue weighted by molar-refractivity contribution is 7.20. The van der Waals surface area contributed by atoms with E-state index < -0.39 is 35.9 Å². The molecule has 4 nitrogen and oxygen atoms in total. The highest BCUT2D eigenvalue weighted by Crippen LogP contribution is 2.36. The summed E-state index contributed by atoms with van der Waals surface area (Å²) in [7, 11) is 0. The fourth-order valence-electron chi connectivity index (χ4n) is 2.39. The molecule has 0 saturated carbocycles. The average Bonchev–Trinajstić information content (AvgIpc) is 3.01. The zero-order valence-electron chi connectivity index (χ0n) is 13.6. The van der Waals surface area contributed by atoms with Crippen LogP contribution in [0.25, 0.3) is 10.2 Å². The molecule has 0 radical (unpaired) electrons. The minimum atomic E-state index is -4.96. The second-order valence-corrected chi connectivity index (χ2v) is 6.80. The van der Waals surface area contributed by atoms with Crippen LogP contribution in [0.2, 0.25) is 0 Å². The number of fused-ring (bicyclic) bond motifs is 1. The van der Waals surface area contributed by atoms with Crippen molar-refractivity contribution in [2.24, 2.45) is 0 Å². The Labute approximate surface area is 157 Å². The van der Waals surface area contributed by atoms with Gasteiger partial charge in [-0.25, -0.2) is 4.98 Å². The van der Waals surface area contributed by atoms with E-state index in [0.29, 0.717) is 22.3 Å². The first-order valence-corrected chi connectivity index (χ1v) is 8.41. The molecule has 0 saturated heterocycles. The van der Waals surface area contributed by atoms with Crippen molar-refractivity contribution in [1.29, 1.82) is 0 Å². The monoisotopic (exact) mass is 420 g/mol. The van der Waals surface area contributed by atoms with Crippen molar-refractivity contribution in [2.75, 3.05) is 0 Å². The van der Waals surface area contributed by atoms with E-state index in [4.69, 9.17) is 0 Å². The number of hydrogen-bond acceptors (Lipinski definition) is 4. The number of carbonyl (C=O) groups is 1. The number of alkyl halides is 6. The van der Waals surface area contributed by atoms with E-state index in [2.05, 4.69) is 10.3 Å². The summed E-state index contributed by atoms with van der Waals surface area (Å²) in [6.45, 7) is -0.549. The fourth-order valence-corrected chi connectivity index (χ4v) is 3.30. The molecule has 0 aliphatic heterocycles. The number of nitrogens with one attached hydrogen (secondary N) is 1. The normalized spacial score (nSPS) is 12.4. The summed E-state index contributed by atoms with van der Waals surface area (Å²) in [5.74, 6) is -0.793. The Morgan fingerprint density at radius 2 is 1.61 bits per heavy atom. The number of hydrogen-bond donors (Lipinski definition) is 2. The number of phenols is 1. The number of carbonyl (C=O) groups excluding carboxylic acids is 1. The van der Waals surface area contributed by atoms with Gasteiger partial charge in [0.15, 0.2) is 5.01 Å². The summed E-state index contributed by atoms with van der Waals surface area (Å²) in [5.41, 5.74) is -2.84. The number of halogens is 6. The summed E-state index contributed by atoms with van der Waals surface area (Å²) < 4.78 is 77.7. The van der Waals surface area contributed by atoms with Crippen LogP contribution in [0.4, 0.5) is 26.3 Å². The zero-order chi connectivity index (χ0) is 20.7. The minimum absolute atomic E-state index is 0.0192. The van der Waals surface area contributed by atoms with E-state index in [-0.39, 0.29) is 22.4 Å². The van der Waals surface area contributed by atoms with Crippen molar-refractivity contribution in [1.82, 2.24) is 10.3 Å². The van der Waals surface area contributed by atoms with Gasteiger partial charge in [0.2, 0.25) is 0 Å². The fraction of sp³-hybridized carbons (Fsp3) is 0.176. The van der Waals surface area contributed by atoms with Gasteiger partial charge in [0.1, 0.15) is 5.75 Å². The lowest BCUT2D eigenvalue weighted by atomic mass is 10.0. The standard InChI is InChI=1S/C17H10F6N2O2S/c18-16(19,20)9-3-8(4-10(5-9)17(21,22)23)7-24-14(27)15-25-12-2-1-11(26)6-13(12)28-15/h1-6,26H,7H2,(H,24,27). The van der Waals surface area contributed by atoms with Crippen LogP contribution in [0, 0.1) is 0 Å². The summed E-state index contributed by atoms with van der Waals surface area (Å²) in [4.78, 5) is 16.2. The molecule has 0 aliphatic carbocycles. The van der Waals surface area contributed by atoms with Crippen molar-refractivity contribution in [3.8, 4) is 5.75 Å². The predicted molar refractivity (Wildman–Crippen MR) is 88.9 cm³/mol. The second kappa shape index (κ2) is 6.97. The molecule has 28 heavy (non-hydrogen) atoms. The Hall–Kier alpha value is -2.82. The van der Waals surface area contributed by atoms with Crippen molar-refractivity contribution in [2.45, 2.75) is 18.9 Å². The molecule has 0 spiro atoms. The summed E-state index contributed by atoms with van der Waals surface area (Å²) in [5, 5.41) is 11.6. The van der Waals surface area contributed by atoms with Gasteiger partial charge in [-0.1, -0.05) is 0 Å². The molecular weight excluding hydrogens is 410 g/mol.